The molecular weight excluding hydrogens is 332 g/mol. The topological polar surface area (TPSA) is 61.1 Å². The van der Waals surface area contributed by atoms with Crippen LogP contribution in [0.4, 0.5) is 5.00 Å². The molecule has 0 atom stereocenters. The normalized spacial score (nSPS) is 14.2. The van der Waals surface area contributed by atoms with E-state index in [9.17, 15) is 10.1 Å². The van der Waals surface area contributed by atoms with E-state index in [1.807, 2.05) is 41.1 Å². The van der Waals surface area contributed by atoms with Crippen LogP contribution in [0.1, 0.15) is 16.0 Å². The third-order valence-corrected chi connectivity index (χ3v) is 5.74. The average molecular weight is 350 g/mol. The predicted octanol–water partition coefficient (Wildman–Crippen LogP) is 3.20. The number of amides is 1. The number of rotatable bonds is 3. The first kappa shape index (κ1) is 15.9. The monoisotopic (exact) mass is 350 g/mol. The van der Waals surface area contributed by atoms with Gasteiger partial charge in [-0.2, -0.15) is 5.26 Å². The Hall–Kier alpha value is -2.62. The first-order valence-corrected chi connectivity index (χ1v) is 9.04. The summed E-state index contributed by atoms with van der Waals surface area (Å²) in [6.07, 6.45) is 2.78. The minimum atomic E-state index is -0.107. The first-order chi connectivity index (χ1) is 12.2. The van der Waals surface area contributed by atoms with Gasteiger partial charge in [-0.15, -0.1) is 11.3 Å². The summed E-state index contributed by atoms with van der Waals surface area (Å²) in [6, 6.07) is 12.3. The zero-order valence-corrected chi connectivity index (χ0v) is 14.8. The number of carbonyl (C=O) groups excluding carboxylic acids is 1. The lowest BCUT2D eigenvalue weighted by molar-refractivity contribution is -0.116. The Morgan fingerprint density at radius 3 is 3.04 bits per heavy atom. The molecule has 1 amide bonds. The lowest BCUT2D eigenvalue weighted by Crippen LogP contribution is -2.25. The Balaban J connectivity index is 1.56. The lowest BCUT2D eigenvalue weighted by Gasteiger charge is -2.21. The van der Waals surface area contributed by atoms with Crippen LogP contribution in [0, 0.1) is 11.3 Å². The number of aromatic nitrogens is 1. The lowest BCUT2D eigenvalue weighted by atomic mass is 10.0. The molecule has 0 spiro atoms. The summed E-state index contributed by atoms with van der Waals surface area (Å²) in [5.74, 6) is -0.107. The zero-order valence-electron chi connectivity index (χ0n) is 14.0. The van der Waals surface area contributed by atoms with Gasteiger partial charge in [0.15, 0.2) is 0 Å². The SMILES string of the molecule is CN1CCc2c(sc(NC(=O)Cn3ccc4ccccc43)c2C#N)C1. The van der Waals surface area contributed by atoms with Crippen molar-refractivity contribution in [2.45, 2.75) is 19.5 Å². The summed E-state index contributed by atoms with van der Waals surface area (Å²) in [4.78, 5) is 15.9. The van der Waals surface area contributed by atoms with Gasteiger partial charge in [-0.1, -0.05) is 18.2 Å². The number of nitrogens with one attached hydrogen (secondary N) is 1. The second kappa shape index (κ2) is 6.36. The molecule has 25 heavy (non-hydrogen) atoms. The number of likely N-dealkylation sites (N-methyl/N-ethyl adjacent to an activating group) is 1. The van der Waals surface area contributed by atoms with Gasteiger partial charge < -0.3 is 14.8 Å². The van der Waals surface area contributed by atoms with Crippen molar-refractivity contribution in [1.82, 2.24) is 9.47 Å². The maximum absolute atomic E-state index is 12.5. The molecule has 4 rings (SSSR count). The Morgan fingerprint density at radius 1 is 1.36 bits per heavy atom. The van der Waals surface area contributed by atoms with Gasteiger partial charge in [0.1, 0.15) is 17.6 Å². The molecular formula is C19H18N4OS. The number of carbonyl (C=O) groups is 1. The van der Waals surface area contributed by atoms with Crippen molar-refractivity contribution in [3.05, 3.63) is 52.5 Å². The molecule has 1 aliphatic rings. The van der Waals surface area contributed by atoms with Crippen molar-refractivity contribution in [2.24, 2.45) is 0 Å². The van der Waals surface area contributed by atoms with E-state index >= 15 is 0 Å². The van der Waals surface area contributed by atoms with Crippen LogP contribution in [0.2, 0.25) is 0 Å². The third kappa shape index (κ3) is 2.93. The van der Waals surface area contributed by atoms with Gasteiger partial charge >= 0.3 is 0 Å². The Kier molecular flexibility index (Phi) is 4.04. The molecule has 3 heterocycles. The molecule has 0 fully saturated rings. The molecule has 2 aromatic heterocycles. The van der Waals surface area contributed by atoms with Crippen LogP contribution in [0.5, 0.6) is 0 Å². The maximum Gasteiger partial charge on any atom is 0.244 e. The van der Waals surface area contributed by atoms with Crippen LogP contribution in [-0.2, 0) is 24.3 Å². The van der Waals surface area contributed by atoms with Crippen LogP contribution in [-0.4, -0.2) is 29.0 Å². The second-order valence-corrected chi connectivity index (χ2v) is 7.46. The van der Waals surface area contributed by atoms with E-state index in [0.717, 1.165) is 36.0 Å². The van der Waals surface area contributed by atoms with E-state index in [-0.39, 0.29) is 12.5 Å². The highest BCUT2D eigenvalue weighted by Crippen LogP contribution is 2.36. The Morgan fingerprint density at radius 2 is 2.20 bits per heavy atom. The fraction of sp³-hybridized carbons (Fsp3) is 0.263. The zero-order chi connectivity index (χ0) is 17.4. The standard InChI is InChI=1S/C19H18N4OS/c1-22-8-7-14-15(10-20)19(25-17(14)11-22)21-18(24)12-23-9-6-13-4-2-3-5-16(13)23/h2-6,9H,7-8,11-12H2,1H3,(H,21,24). The van der Waals surface area contributed by atoms with E-state index in [1.54, 1.807) is 0 Å². The molecule has 0 saturated carbocycles. The molecule has 0 unspecified atom stereocenters. The minimum absolute atomic E-state index is 0.107. The summed E-state index contributed by atoms with van der Waals surface area (Å²) < 4.78 is 1.93. The molecule has 1 N–H and O–H groups in total. The van der Waals surface area contributed by atoms with E-state index < -0.39 is 0 Å². The van der Waals surface area contributed by atoms with Gasteiger partial charge in [0.05, 0.1) is 5.56 Å². The fourth-order valence-corrected chi connectivity index (χ4v) is 4.63. The summed E-state index contributed by atoms with van der Waals surface area (Å²) in [5.41, 5.74) is 2.77. The van der Waals surface area contributed by atoms with Gasteiger partial charge in [-0.25, -0.2) is 0 Å². The average Bonchev–Trinajstić information content (AvgIpc) is 3.15. The maximum atomic E-state index is 12.5. The summed E-state index contributed by atoms with van der Waals surface area (Å²) >= 11 is 1.53. The number of para-hydroxylation sites is 1. The fourth-order valence-electron chi connectivity index (χ4n) is 3.34. The van der Waals surface area contributed by atoms with Crippen molar-refractivity contribution in [1.29, 1.82) is 5.26 Å². The quantitative estimate of drug-likeness (QED) is 0.789. The molecule has 1 aliphatic heterocycles. The van der Waals surface area contributed by atoms with Crippen molar-refractivity contribution >= 4 is 33.1 Å². The van der Waals surface area contributed by atoms with Gasteiger partial charge in [0.2, 0.25) is 5.91 Å². The predicted molar refractivity (Wildman–Crippen MR) is 99.6 cm³/mol. The van der Waals surface area contributed by atoms with Gasteiger partial charge in [0.25, 0.3) is 0 Å². The smallest absolute Gasteiger partial charge is 0.244 e. The molecule has 5 nitrogen and oxygen atoms in total. The number of thiophene rings is 1. The van der Waals surface area contributed by atoms with E-state index in [2.05, 4.69) is 23.3 Å². The van der Waals surface area contributed by atoms with Gasteiger partial charge in [0, 0.05) is 29.7 Å². The number of fused-ring (bicyclic) bond motifs is 2. The molecule has 0 saturated heterocycles. The van der Waals surface area contributed by atoms with Crippen LogP contribution < -0.4 is 5.32 Å². The van der Waals surface area contributed by atoms with Crippen LogP contribution in [0.25, 0.3) is 10.9 Å². The molecule has 0 radical (unpaired) electrons. The Labute approximate surface area is 150 Å². The van der Waals surface area contributed by atoms with Crippen LogP contribution in [0.15, 0.2) is 36.5 Å². The number of hydrogen-bond donors (Lipinski definition) is 1. The van der Waals surface area contributed by atoms with Gasteiger partial charge in [-0.05, 0) is 36.6 Å². The highest BCUT2D eigenvalue weighted by Gasteiger charge is 2.23. The largest absolute Gasteiger partial charge is 0.338 e. The minimum Gasteiger partial charge on any atom is -0.338 e. The molecule has 126 valence electrons. The van der Waals surface area contributed by atoms with E-state index in [4.69, 9.17) is 0 Å². The van der Waals surface area contributed by atoms with Crippen molar-refractivity contribution < 1.29 is 4.79 Å². The number of hydrogen-bond acceptors (Lipinski definition) is 4. The molecule has 1 aromatic carbocycles. The van der Waals surface area contributed by atoms with E-state index in [1.165, 1.54) is 16.2 Å². The summed E-state index contributed by atoms with van der Waals surface area (Å²) in [5, 5.41) is 14.3. The number of benzene rings is 1. The van der Waals surface area contributed by atoms with Crippen molar-refractivity contribution in [2.75, 3.05) is 18.9 Å². The molecule has 6 heteroatoms. The molecule has 3 aromatic rings. The van der Waals surface area contributed by atoms with Crippen LogP contribution in [0.3, 0.4) is 0 Å². The van der Waals surface area contributed by atoms with E-state index in [0.29, 0.717) is 10.6 Å². The number of anilines is 1. The molecule has 0 aliphatic carbocycles. The summed E-state index contributed by atoms with van der Waals surface area (Å²) in [7, 11) is 2.07. The van der Waals surface area contributed by atoms with Gasteiger partial charge in [-0.3, -0.25) is 4.79 Å². The van der Waals surface area contributed by atoms with Crippen molar-refractivity contribution in [3.63, 3.8) is 0 Å². The van der Waals surface area contributed by atoms with Crippen LogP contribution >= 0.6 is 11.3 Å². The highest BCUT2D eigenvalue weighted by atomic mass is 32.1. The number of nitriles is 1. The molecule has 0 bridgehead atoms. The highest BCUT2D eigenvalue weighted by molar-refractivity contribution is 7.16. The second-order valence-electron chi connectivity index (χ2n) is 6.36. The summed E-state index contributed by atoms with van der Waals surface area (Å²) in [6.45, 7) is 2.02. The first-order valence-electron chi connectivity index (χ1n) is 8.22. The number of nitrogens with zero attached hydrogens (tertiary/aromatic N) is 3. The third-order valence-electron chi connectivity index (χ3n) is 4.61. The van der Waals surface area contributed by atoms with Crippen molar-refractivity contribution in [3.8, 4) is 6.07 Å². The Bertz CT molecular complexity index is 995.